The van der Waals surface area contributed by atoms with Crippen LogP contribution >= 0.6 is 31.9 Å². The Labute approximate surface area is 117 Å². The molecule has 6 heteroatoms. The maximum Gasteiger partial charge on any atom is 0.288 e. The van der Waals surface area contributed by atoms with Crippen molar-refractivity contribution in [1.29, 1.82) is 0 Å². The van der Waals surface area contributed by atoms with Crippen molar-refractivity contribution in [3.63, 3.8) is 0 Å². The van der Waals surface area contributed by atoms with Crippen molar-refractivity contribution in [1.82, 2.24) is 10.2 Å². The molecule has 2 saturated heterocycles. The van der Waals surface area contributed by atoms with Gasteiger partial charge in [-0.15, -0.1) is 0 Å². The number of nitrogens with zero attached hydrogens (tertiary/aromatic N) is 1. The number of halogens is 2. The molecule has 0 radical (unpaired) electrons. The average Bonchev–Trinajstić information content (AvgIpc) is 2.92. The zero-order valence-electron chi connectivity index (χ0n) is 9.23. The van der Waals surface area contributed by atoms with Gasteiger partial charge in [0.1, 0.15) is 0 Å². The van der Waals surface area contributed by atoms with Gasteiger partial charge in [-0.2, -0.15) is 0 Å². The summed E-state index contributed by atoms with van der Waals surface area (Å²) in [6, 6.07) is 0. The zero-order valence-corrected chi connectivity index (χ0v) is 12.4. The summed E-state index contributed by atoms with van der Waals surface area (Å²) in [5.41, 5.74) is 0. The third-order valence-electron chi connectivity index (χ3n) is 3.69. The fraction of sp³-hybridized carbons (Fsp3) is 0.727. The molecule has 1 N–H and O–H groups in total. The number of amides is 1. The topological polar surface area (TPSA) is 41.6 Å². The predicted octanol–water partition coefficient (Wildman–Crippen LogP) is 1.06. The first-order valence-corrected chi connectivity index (χ1v) is 7.65. The summed E-state index contributed by atoms with van der Waals surface area (Å²) >= 11 is 6.81. The lowest BCUT2D eigenvalue weighted by Gasteiger charge is -2.18. The van der Waals surface area contributed by atoms with E-state index in [-0.39, 0.29) is 15.7 Å². The number of carbonyl (C=O) groups excluding carboxylic acids is 1. The van der Waals surface area contributed by atoms with Gasteiger partial charge in [0.05, 0.1) is 4.83 Å². The molecular formula is C11H14Br2N2O2. The predicted molar refractivity (Wildman–Crippen MR) is 71.0 cm³/mol. The first kappa shape index (κ1) is 12.0. The molecule has 0 saturated carbocycles. The molecule has 3 aliphatic rings. The summed E-state index contributed by atoms with van der Waals surface area (Å²) < 4.78 is 5.49. The van der Waals surface area contributed by atoms with Gasteiger partial charge in [-0.1, -0.05) is 15.9 Å². The Morgan fingerprint density at radius 2 is 2.00 bits per heavy atom. The van der Waals surface area contributed by atoms with E-state index in [1.54, 1.807) is 0 Å². The molecule has 94 valence electrons. The Hall–Kier alpha value is -0.0700. The average molecular weight is 366 g/mol. The van der Waals surface area contributed by atoms with Crippen molar-refractivity contribution in [2.75, 3.05) is 26.2 Å². The smallest absolute Gasteiger partial charge is 0.288 e. The molecule has 17 heavy (non-hydrogen) atoms. The normalized spacial score (nSPS) is 40.1. The molecule has 4 nitrogen and oxygen atoms in total. The summed E-state index contributed by atoms with van der Waals surface area (Å²) in [6.45, 7) is 3.79. The number of rotatable bonds is 1. The van der Waals surface area contributed by atoms with Crippen molar-refractivity contribution < 1.29 is 9.53 Å². The number of alkyl halides is 2. The number of ether oxygens (including phenoxy) is 1. The number of carbonyl (C=O) groups is 1. The van der Waals surface area contributed by atoms with E-state index in [0.29, 0.717) is 17.6 Å². The van der Waals surface area contributed by atoms with Crippen LogP contribution in [-0.4, -0.2) is 46.8 Å². The second-order valence-corrected chi connectivity index (χ2v) is 6.79. The van der Waals surface area contributed by atoms with E-state index in [9.17, 15) is 4.79 Å². The molecule has 3 rings (SSSR count). The van der Waals surface area contributed by atoms with Crippen LogP contribution in [0.4, 0.5) is 0 Å². The van der Waals surface area contributed by atoms with Gasteiger partial charge in [0.25, 0.3) is 5.91 Å². The number of hydrogen-bond acceptors (Lipinski definition) is 3. The molecule has 2 fully saturated rings. The number of nitrogens with one attached hydrogen (secondary N) is 1. The van der Waals surface area contributed by atoms with Crippen molar-refractivity contribution in [2.45, 2.75) is 9.84 Å². The SMILES string of the molecule is O=C(C1=CC(Br)C(Br)O1)N1CC2CNCC2C1. The fourth-order valence-corrected chi connectivity index (χ4v) is 3.45. The van der Waals surface area contributed by atoms with Crippen LogP contribution < -0.4 is 5.32 Å². The number of fused-ring (bicyclic) bond motifs is 1. The number of hydrogen-bond donors (Lipinski definition) is 1. The minimum Gasteiger partial charge on any atom is -0.472 e. The van der Waals surface area contributed by atoms with Gasteiger partial charge in [0.15, 0.2) is 10.8 Å². The van der Waals surface area contributed by atoms with Crippen LogP contribution in [0.15, 0.2) is 11.8 Å². The van der Waals surface area contributed by atoms with Gasteiger partial charge in [-0.25, -0.2) is 0 Å². The van der Waals surface area contributed by atoms with Gasteiger partial charge < -0.3 is 15.0 Å². The summed E-state index contributed by atoms with van der Waals surface area (Å²) in [5.74, 6) is 1.76. The minimum absolute atomic E-state index is 0.0331. The van der Waals surface area contributed by atoms with E-state index < -0.39 is 0 Å². The Kier molecular flexibility index (Phi) is 3.21. The lowest BCUT2D eigenvalue weighted by atomic mass is 10.0. The maximum absolute atomic E-state index is 12.2. The molecule has 1 amide bonds. The van der Waals surface area contributed by atoms with E-state index in [2.05, 4.69) is 37.2 Å². The highest BCUT2D eigenvalue weighted by atomic mass is 79.9. The van der Waals surface area contributed by atoms with Crippen LogP contribution in [0.3, 0.4) is 0 Å². The molecule has 0 bridgehead atoms. The van der Waals surface area contributed by atoms with E-state index in [4.69, 9.17) is 4.74 Å². The Balaban J connectivity index is 1.66. The Morgan fingerprint density at radius 3 is 2.53 bits per heavy atom. The van der Waals surface area contributed by atoms with Crippen molar-refractivity contribution >= 4 is 37.8 Å². The molecule has 4 atom stereocenters. The Bertz CT molecular complexity index is 362. The van der Waals surface area contributed by atoms with Gasteiger partial charge in [0.2, 0.25) is 0 Å². The van der Waals surface area contributed by atoms with Gasteiger partial charge in [-0.3, -0.25) is 4.79 Å². The molecule has 0 aromatic rings. The van der Waals surface area contributed by atoms with Crippen LogP contribution in [0.1, 0.15) is 0 Å². The van der Waals surface area contributed by atoms with Gasteiger partial charge in [-0.05, 0) is 33.8 Å². The molecule has 0 aromatic heterocycles. The maximum atomic E-state index is 12.2. The van der Waals surface area contributed by atoms with Crippen molar-refractivity contribution in [3.8, 4) is 0 Å². The quantitative estimate of drug-likeness (QED) is 0.706. The number of likely N-dealkylation sites (tertiary alicyclic amines) is 1. The van der Waals surface area contributed by atoms with Crippen LogP contribution in [0.25, 0.3) is 0 Å². The molecule has 0 aliphatic carbocycles. The Morgan fingerprint density at radius 1 is 1.35 bits per heavy atom. The van der Waals surface area contributed by atoms with Crippen LogP contribution in [0.5, 0.6) is 0 Å². The van der Waals surface area contributed by atoms with Crippen LogP contribution in [0, 0.1) is 11.8 Å². The second kappa shape index (κ2) is 4.55. The van der Waals surface area contributed by atoms with Crippen LogP contribution in [-0.2, 0) is 9.53 Å². The van der Waals surface area contributed by atoms with Gasteiger partial charge >= 0.3 is 0 Å². The highest BCUT2D eigenvalue weighted by Crippen LogP contribution is 2.32. The van der Waals surface area contributed by atoms with Gasteiger partial charge in [0, 0.05) is 26.2 Å². The molecular weight excluding hydrogens is 352 g/mol. The lowest BCUT2D eigenvalue weighted by molar-refractivity contribution is -0.129. The largest absolute Gasteiger partial charge is 0.472 e. The first-order chi connectivity index (χ1) is 8.15. The molecule has 3 heterocycles. The summed E-state index contributed by atoms with van der Waals surface area (Å²) in [7, 11) is 0. The van der Waals surface area contributed by atoms with Crippen molar-refractivity contribution in [2.24, 2.45) is 11.8 Å². The van der Waals surface area contributed by atoms with E-state index in [1.165, 1.54) is 0 Å². The standard InChI is InChI=1S/C11H14Br2N2O2/c12-8-1-9(17-10(8)13)11(16)15-4-6-2-14-3-7(6)5-15/h1,6-8,10,14H,2-5H2. The third kappa shape index (κ3) is 2.15. The zero-order chi connectivity index (χ0) is 12.0. The summed E-state index contributed by atoms with van der Waals surface area (Å²) in [4.78, 5) is 14.2. The minimum atomic E-state index is -0.134. The first-order valence-electron chi connectivity index (χ1n) is 5.82. The second-order valence-electron chi connectivity index (χ2n) is 4.83. The lowest BCUT2D eigenvalue weighted by Crippen LogP contribution is -2.33. The monoisotopic (exact) mass is 364 g/mol. The van der Waals surface area contributed by atoms with Crippen molar-refractivity contribution in [3.05, 3.63) is 11.8 Å². The van der Waals surface area contributed by atoms with Crippen LogP contribution in [0.2, 0.25) is 0 Å². The molecule has 4 unspecified atom stereocenters. The summed E-state index contributed by atoms with van der Waals surface area (Å²) in [6.07, 6.45) is 1.84. The summed E-state index contributed by atoms with van der Waals surface area (Å²) in [5, 5.41) is 3.23. The molecule has 0 spiro atoms. The third-order valence-corrected chi connectivity index (χ3v) is 5.90. The fourth-order valence-electron chi connectivity index (χ4n) is 2.74. The molecule has 0 aromatic carbocycles. The van der Waals surface area contributed by atoms with E-state index >= 15 is 0 Å². The highest BCUT2D eigenvalue weighted by Gasteiger charge is 2.40. The van der Waals surface area contributed by atoms with E-state index in [1.807, 2.05) is 11.0 Å². The van der Waals surface area contributed by atoms with E-state index in [0.717, 1.165) is 26.2 Å². The molecule has 3 aliphatic heterocycles. The highest BCUT2D eigenvalue weighted by molar-refractivity contribution is 9.12.